The predicted molar refractivity (Wildman–Crippen MR) is 238 cm³/mol. The van der Waals surface area contributed by atoms with E-state index in [1.165, 1.54) is 11.3 Å². The zero-order chi connectivity index (χ0) is 43.6. The van der Waals surface area contributed by atoms with Crippen LogP contribution in [0.5, 0.6) is 0 Å². The van der Waals surface area contributed by atoms with Crippen molar-refractivity contribution >= 4 is 53.2 Å². The summed E-state index contributed by atoms with van der Waals surface area (Å²) in [5, 5.41) is 14.2. The fourth-order valence-corrected chi connectivity index (χ4v) is 12.1. The highest BCUT2D eigenvalue weighted by Crippen LogP contribution is 2.42. The van der Waals surface area contributed by atoms with Gasteiger partial charge in [-0.25, -0.2) is 18.3 Å². The molecule has 16 nitrogen and oxygen atoms in total. The van der Waals surface area contributed by atoms with Crippen molar-refractivity contribution in [1.29, 1.82) is 0 Å². The number of piperidine rings is 2. The summed E-state index contributed by atoms with van der Waals surface area (Å²) >= 11 is 4.88. The highest BCUT2D eigenvalue weighted by molar-refractivity contribution is 7.80. The molecule has 3 aromatic heterocycles. The van der Waals surface area contributed by atoms with E-state index in [1.54, 1.807) is 33.9 Å². The van der Waals surface area contributed by atoms with Gasteiger partial charge in [0.05, 0.1) is 41.9 Å². The third-order valence-corrected chi connectivity index (χ3v) is 15.7. The third kappa shape index (κ3) is 7.94. The Morgan fingerprint density at radius 3 is 2.52 bits per heavy atom. The number of imide groups is 1. The molecule has 0 radical (unpaired) electrons. The molecular formula is C45H56F2N12O4S. The first-order valence-corrected chi connectivity index (χ1v) is 23.7. The number of piperazine rings is 1. The number of carbonyl (C=O) groups is 3. The Hall–Kier alpha value is -4.69. The first-order chi connectivity index (χ1) is 31.1. The lowest BCUT2D eigenvalue weighted by atomic mass is 9.85. The summed E-state index contributed by atoms with van der Waals surface area (Å²) in [6.07, 6.45) is 9.84. The summed E-state index contributed by atoms with van der Waals surface area (Å²) in [5.41, 5.74) is 3.80. The Morgan fingerprint density at radius 2 is 1.78 bits per heavy atom. The molecule has 0 spiro atoms. The van der Waals surface area contributed by atoms with E-state index in [0.29, 0.717) is 56.0 Å². The van der Waals surface area contributed by atoms with Crippen LogP contribution < -0.4 is 20.4 Å². The number of morpholine rings is 1. The molecule has 1 aliphatic carbocycles. The molecule has 4 atom stereocenters. The van der Waals surface area contributed by atoms with Crippen LogP contribution in [0, 0.1) is 5.92 Å². The highest BCUT2D eigenvalue weighted by Gasteiger charge is 2.43. The van der Waals surface area contributed by atoms with Gasteiger partial charge in [0, 0.05) is 95.6 Å². The number of alkyl halides is 2. The Balaban J connectivity index is 0.650. The van der Waals surface area contributed by atoms with Crippen molar-refractivity contribution in [2.75, 3.05) is 74.1 Å². The molecule has 5 saturated heterocycles. The van der Waals surface area contributed by atoms with E-state index >= 15 is 0 Å². The summed E-state index contributed by atoms with van der Waals surface area (Å²) in [5.74, 6) is 0.0813. The normalized spacial score (nSPS) is 28.4. The van der Waals surface area contributed by atoms with E-state index in [2.05, 4.69) is 63.4 Å². The summed E-state index contributed by atoms with van der Waals surface area (Å²) < 4.78 is 37.9. The second-order valence-electron chi connectivity index (χ2n) is 18.9. The van der Waals surface area contributed by atoms with Crippen LogP contribution in [0.15, 0.2) is 42.9 Å². The zero-order valence-corrected chi connectivity index (χ0v) is 36.8. The van der Waals surface area contributed by atoms with Crippen molar-refractivity contribution in [2.24, 2.45) is 5.92 Å². The maximum Gasteiger partial charge on any atom is 0.284 e. The largest absolute Gasteiger partial charge is 0.374 e. The summed E-state index contributed by atoms with van der Waals surface area (Å²) in [4.78, 5) is 54.7. The van der Waals surface area contributed by atoms with Crippen LogP contribution in [-0.4, -0.2) is 140 Å². The van der Waals surface area contributed by atoms with Crippen LogP contribution in [0.4, 0.5) is 26.0 Å². The molecule has 1 aromatic carbocycles. The minimum absolute atomic E-state index is 0.0132. The smallest absolute Gasteiger partial charge is 0.284 e. The Kier molecular flexibility index (Phi) is 11.3. The van der Waals surface area contributed by atoms with Gasteiger partial charge in [-0.05, 0) is 86.6 Å². The maximum atomic E-state index is 14.5. The van der Waals surface area contributed by atoms with Crippen LogP contribution in [0.25, 0.3) is 5.65 Å². The first kappa shape index (κ1) is 42.0. The average Bonchev–Trinajstić information content (AvgIpc) is 4.16. The fraction of sp³-hybridized carbons (Fsp3) is 0.600. The van der Waals surface area contributed by atoms with Crippen LogP contribution in [0.1, 0.15) is 103 Å². The number of rotatable bonds is 10. The summed E-state index contributed by atoms with van der Waals surface area (Å²) in [7, 11) is 0. The molecule has 4 aromatic rings. The Bertz CT molecular complexity index is 2410. The Labute approximate surface area is 376 Å². The van der Waals surface area contributed by atoms with Crippen molar-refractivity contribution in [1.82, 2.24) is 44.4 Å². The molecule has 9 heterocycles. The van der Waals surface area contributed by atoms with Crippen LogP contribution in [0.3, 0.4) is 0 Å². The number of thiol groups is 1. The number of hydrogen-bond acceptors (Lipinski definition) is 13. The van der Waals surface area contributed by atoms with Crippen molar-refractivity contribution in [2.45, 2.75) is 106 Å². The van der Waals surface area contributed by atoms with Gasteiger partial charge in [-0.3, -0.25) is 34.2 Å². The highest BCUT2D eigenvalue weighted by atomic mass is 32.1. The molecule has 7 aliphatic rings. The zero-order valence-electron chi connectivity index (χ0n) is 35.9. The van der Waals surface area contributed by atoms with Crippen LogP contribution in [-0.2, 0) is 20.9 Å². The van der Waals surface area contributed by atoms with Crippen LogP contribution >= 0.6 is 12.6 Å². The molecule has 2 bridgehead atoms. The number of aromatic nitrogens is 5. The van der Waals surface area contributed by atoms with E-state index in [4.69, 9.17) is 22.5 Å². The van der Waals surface area contributed by atoms with Gasteiger partial charge in [0.1, 0.15) is 5.56 Å². The van der Waals surface area contributed by atoms with Crippen molar-refractivity contribution < 1.29 is 27.9 Å². The number of ether oxygens (including phenoxy) is 1. The van der Waals surface area contributed by atoms with Gasteiger partial charge < -0.3 is 24.8 Å². The average molecular weight is 899 g/mol. The number of fused-ring (bicyclic) bond motifs is 4. The summed E-state index contributed by atoms with van der Waals surface area (Å²) in [6, 6.07) is 8.70. The van der Waals surface area contributed by atoms with E-state index in [1.807, 2.05) is 0 Å². The van der Waals surface area contributed by atoms with E-state index < -0.39 is 18.0 Å². The lowest BCUT2D eigenvalue weighted by Gasteiger charge is -2.44. The number of nitrogens with zero attached hydrogens (tertiary/aromatic N) is 10. The molecule has 11 rings (SSSR count). The minimum Gasteiger partial charge on any atom is -0.374 e. The van der Waals surface area contributed by atoms with Crippen molar-refractivity contribution in [3.8, 4) is 0 Å². The standard InChI is InChI=1S/C45H56F2N12O4S/c46-40(47)39-35(49-44(62)38-41-48-12-1-13-58(41)52-42(38)56-24-33-21-32(56)26-63-33)25-59(51-39)30-4-2-27(3-5-30)22-53-16-18-55(19-17-53)29-10-14-54(15-11-29)31-6-7-34-28(20-31)23-57(45(34)64)36-8-9-37(60)50-43(36)61/h1,6-7,12-13,20,25,27,29-30,32-33,36,40,45,64H,2-5,8-11,14-19,21-24,26H2,(H,49,62)(H,50,60,61)/t27?,30?,32-,33-,36-,45-/m1/s1. The fourth-order valence-electron chi connectivity index (χ4n) is 11.6. The number of nitrogens with one attached hydrogen (secondary N) is 2. The van der Waals surface area contributed by atoms with Gasteiger partial charge in [0.2, 0.25) is 11.8 Å². The summed E-state index contributed by atoms with van der Waals surface area (Å²) in [6.45, 7) is 9.13. The monoisotopic (exact) mass is 898 g/mol. The number of anilines is 3. The van der Waals surface area contributed by atoms with E-state index in [9.17, 15) is 23.2 Å². The van der Waals surface area contributed by atoms with Gasteiger partial charge in [-0.15, -0.1) is 5.10 Å². The minimum atomic E-state index is -2.85. The van der Waals surface area contributed by atoms with Gasteiger partial charge >= 0.3 is 0 Å². The van der Waals surface area contributed by atoms with Crippen LogP contribution in [0.2, 0.25) is 0 Å². The second-order valence-corrected chi connectivity index (χ2v) is 19.4. The quantitative estimate of drug-likeness (QED) is 0.150. The van der Waals surface area contributed by atoms with Gasteiger partial charge in [0.15, 0.2) is 17.2 Å². The number of hydrogen-bond donors (Lipinski definition) is 3. The number of amides is 3. The number of halogens is 2. The van der Waals surface area contributed by atoms with Gasteiger partial charge in [-0.2, -0.15) is 17.7 Å². The van der Waals surface area contributed by atoms with Gasteiger partial charge in [0.25, 0.3) is 12.3 Å². The number of carbonyl (C=O) groups excluding carboxylic acids is 3. The van der Waals surface area contributed by atoms with Crippen molar-refractivity contribution in [3.05, 3.63) is 65.2 Å². The molecule has 2 N–H and O–H groups in total. The molecule has 3 amide bonds. The lowest BCUT2D eigenvalue weighted by Crippen LogP contribution is -2.54. The molecule has 0 unspecified atom stereocenters. The first-order valence-electron chi connectivity index (χ1n) is 23.2. The molecule has 1 saturated carbocycles. The molecule has 340 valence electrons. The molecule has 19 heteroatoms. The predicted octanol–water partition coefficient (Wildman–Crippen LogP) is 4.66. The SMILES string of the molecule is O=C1CC[C@@H](N2Cc3cc(N4CCC(N5CCN(CC6CCC(n7cc(NC(=O)c8c(N9C[C@H]%10C[C@@H]9CO%10)nn9cccnc89)c(C(F)F)n7)CC6)CC5)CC4)ccc3[C@H]2S)C(=O)N1. The molecule has 6 fully saturated rings. The molecule has 6 aliphatic heterocycles. The molecular weight excluding hydrogens is 843 g/mol. The Morgan fingerprint density at radius 1 is 0.969 bits per heavy atom. The molecule has 64 heavy (non-hydrogen) atoms. The third-order valence-electron chi connectivity index (χ3n) is 15.1. The van der Waals surface area contributed by atoms with Gasteiger partial charge in [-0.1, -0.05) is 6.07 Å². The van der Waals surface area contributed by atoms with E-state index in [-0.39, 0.29) is 52.7 Å². The van der Waals surface area contributed by atoms with Crippen molar-refractivity contribution in [3.63, 3.8) is 0 Å². The number of benzene rings is 1. The lowest BCUT2D eigenvalue weighted by molar-refractivity contribution is -0.137. The van der Waals surface area contributed by atoms with E-state index in [0.717, 1.165) is 96.3 Å². The topological polar surface area (TPSA) is 149 Å². The maximum absolute atomic E-state index is 14.5. The second kappa shape index (κ2) is 17.3.